The molecule has 2 aromatic carbocycles. The number of nitrogens with zero attached hydrogens (tertiary/aromatic N) is 2. The zero-order chi connectivity index (χ0) is 16.4. The van der Waals surface area contributed by atoms with Gasteiger partial charge in [-0.2, -0.15) is 0 Å². The third kappa shape index (κ3) is 2.71. The molecule has 2 heterocycles. The number of fused-ring (bicyclic) bond motifs is 1. The van der Waals surface area contributed by atoms with Gasteiger partial charge in [0.15, 0.2) is 0 Å². The molecule has 1 fully saturated rings. The van der Waals surface area contributed by atoms with E-state index < -0.39 is 0 Å². The number of rotatable bonds is 2. The molecule has 4 nitrogen and oxygen atoms in total. The summed E-state index contributed by atoms with van der Waals surface area (Å²) in [5.41, 5.74) is 1.96. The molecule has 120 valence electrons. The zero-order valence-corrected chi connectivity index (χ0v) is 13.4. The first kappa shape index (κ1) is 14.7. The van der Waals surface area contributed by atoms with Gasteiger partial charge in [0.25, 0.3) is 0 Å². The Morgan fingerprint density at radius 3 is 2.83 bits per heavy atom. The molecule has 2 amide bonds. The van der Waals surface area contributed by atoms with E-state index in [4.69, 9.17) is 0 Å². The van der Waals surface area contributed by atoms with Gasteiger partial charge in [0.1, 0.15) is 0 Å². The number of urea groups is 1. The molecule has 0 bridgehead atoms. The predicted octanol–water partition coefficient (Wildman–Crippen LogP) is 4.60. The first-order chi connectivity index (χ1) is 11.8. The number of pyridine rings is 1. The normalized spacial score (nSPS) is 17.2. The molecule has 1 aliphatic heterocycles. The Kier molecular flexibility index (Phi) is 3.87. The lowest BCUT2D eigenvalue weighted by Crippen LogP contribution is -2.34. The Hall–Kier alpha value is -2.88. The second kappa shape index (κ2) is 6.32. The highest BCUT2D eigenvalue weighted by Gasteiger charge is 2.30. The Bertz CT molecular complexity index is 858. The Morgan fingerprint density at radius 2 is 1.96 bits per heavy atom. The third-order valence-corrected chi connectivity index (χ3v) is 4.61. The number of benzene rings is 2. The van der Waals surface area contributed by atoms with Crippen molar-refractivity contribution in [1.29, 1.82) is 0 Å². The van der Waals surface area contributed by atoms with Gasteiger partial charge in [-0.25, -0.2) is 4.79 Å². The topological polar surface area (TPSA) is 45.2 Å². The summed E-state index contributed by atoms with van der Waals surface area (Å²) in [6.45, 7) is 0.774. The van der Waals surface area contributed by atoms with E-state index in [1.54, 1.807) is 6.20 Å². The van der Waals surface area contributed by atoms with E-state index in [1.165, 1.54) is 0 Å². The lowest BCUT2D eigenvalue weighted by atomic mass is 10.1. The Labute approximate surface area is 141 Å². The second-order valence-electron chi connectivity index (χ2n) is 6.09. The molecule has 3 aromatic rings. The highest BCUT2D eigenvalue weighted by atomic mass is 16.2. The summed E-state index contributed by atoms with van der Waals surface area (Å²) in [6.07, 6.45) is 5.62. The van der Waals surface area contributed by atoms with Gasteiger partial charge in [0.05, 0.1) is 11.7 Å². The molecule has 1 saturated heterocycles. The minimum Gasteiger partial charge on any atom is -0.317 e. The number of carbonyl (C=O) groups excluding carboxylic acids is 1. The molecule has 0 aliphatic carbocycles. The van der Waals surface area contributed by atoms with Crippen molar-refractivity contribution in [2.24, 2.45) is 0 Å². The van der Waals surface area contributed by atoms with Crippen LogP contribution < -0.4 is 5.32 Å². The number of amides is 2. The molecule has 1 aliphatic rings. The van der Waals surface area contributed by atoms with Crippen LogP contribution in [0.5, 0.6) is 0 Å². The van der Waals surface area contributed by atoms with E-state index in [9.17, 15) is 4.79 Å². The summed E-state index contributed by atoms with van der Waals surface area (Å²) in [6, 6.07) is 18.1. The maximum absolute atomic E-state index is 12.8. The maximum atomic E-state index is 12.8. The first-order valence-electron chi connectivity index (χ1n) is 8.28. The quantitative estimate of drug-likeness (QED) is 0.750. The molecule has 1 aromatic heterocycles. The SMILES string of the molecule is O=C(Nc1cccc2ccccc12)N1CCCC1c1cccnc1. The van der Waals surface area contributed by atoms with Crippen LogP contribution in [0.3, 0.4) is 0 Å². The van der Waals surface area contributed by atoms with Crippen molar-refractivity contribution in [3.8, 4) is 0 Å². The smallest absolute Gasteiger partial charge is 0.317 e. The molecular weight excluding hydrogens is 298 g/mol. The molecule has 4 heteroatoms. The van der Waals surface area contributed by atoms with Crippen LogP contribution in [0.25, 0.3) is 10.8 Å². The molecule has 1 unspecified atom stereocenters. The number of hydrogen-bond acceptors (Lipinski definition) is 2. The van der Waals surface area contributed by atoms with Crippen molar-refractivity contribution in [1.82, 2.24) is 9.88 Å². The van der Waals surface area contributed by atoms with Gasteiger partial charge in [-0.1, -0.05) is 42.5 Å². The average Bonchev–Trinajstić information content (AvgIpc) is 3.13. The van der Waals surface area contributed by atoms with Crippen LogP contribution in [-0.2, 0) is 0 Å². The monoisotopic (exact) mass is 317 g/mol. The van der Waals surface area contributed by atoms with Crippen LogP contribution >= 0.6 is 0 Å². The molecule has 0 saturated carbocycles. The fourth-order valence-electron chi connectivity index (χ4n) is 3.45. The van der Waals surface area contributed by atoms with Crippen molar-refractivity contribution >= 4 is 22.5 Å². The number of carbonyl (C=O) groups is 1. The summed E-state index contributed by atoms with van der Waals surface area (Å²) in [7, 11) is 0. The standard InChI is InChI=1S/C20H19N3O/c24-20(22-18-10-3-7-15-6-1-2-9-17(15)18)23-13-5-11-19(23)16-8-4-12-21-14-16/h1-4,6-10,12,14,19H,5,11,13H2,(H,22,24). The van der Waals surface area contributed by atoms with Gasteiger partial charge in [-0.05, 0) is 35.9 Å². The van der Waals surface area contributed by atoms with Crippen LogP contribution in [0.4, 0.5) is 10.5 Å². The van der Waals surface area contributed by atoms with Gasteiger partial charge in [0, 0.05) is 24.3 Å². The van der Waals surface area contributed by atoms with Crippen molar-refractivity contribution in [3.63, 3.8) is 0 Å². The average molecular weight is 317 g/mol. The van der Waals surface area contributed by atoms with E-state index in [2.05, 4.69) is 22.4 Å². The summed E-state index contributed by atoms with van der Waals surface area (Å²) in [5, 5.41) is 5.28. The van der Waals surface area contributed by atoms with Crippen molar-refractivity contribution in [2.75, 3.05) is 11.9 Å². The van der Waals surface area contributed by atoms with Crippen molar-refractivity contribution < 1.29 is 4.79 Å². The van der Waals surface area contributed by atoms with Crippen LogP contribution in [0.15, 0.2) is 67.0 Å². The summed E-state index contributed by atoms with van der Waals surface area (Å²) >= 11 is 0. The summed E-state index contributed by atoms with van der Waals surface area (Å²) < 4.78 is 0. The Balaban J connectivity index is 1.59. The number of aromatic nitrogens is 1. The van der Waals surface area contributed by atoms with E-state index >= 15 is 0 Å². The van der Waals surface area contributed by atoms with E-state index in [-0.39, 0.29) is 12.1 Å². The van der Waals surface area contributed by atoms with Gasteiger partial charge in [0.2, 0.25) is 0 Å². The third-order valence-electron chi connectivity index (χ3n) is 4.61. The molecule has 0 spiro atoms. The zero-order valence-electron chi connectivity index (χ0n) is 13.4. The number of hydrogen-bond donors (Lipinski definition) is 1. The van der Waals surface area contributed by atoms with E-state index in [0.717, 1.165) is 41.4 Å². The van der Waals surface area contributed by atoms with Gasteiger partial charge < -0.3 is 10.2 Å². The number of nitrogens with one attached hydrogen (secondary N) is 1. The molecule has 1 atom stereocenters. The number of anilines is 1. The molecular formula is C20H19N3O. The minimum atomic E-state index is -0.0438. The van der Waals surface area contributed by atoms with Crippen molar-refractivity contribution in [2.45, 2.75) is 18.9 Å². The number of likely N-dealkylation sites (tertiary alicyclic amines) is 1. The summed E-state index contributed by atoms with van der Waals surface area (Å²) in [5.74, 6) is 0. The van der Waals surface area contributed by atoms with Crippen LogP contribution in [0.1, 0.15) is 24.4 Å². The fourth-order valence-corrected chi connectivity index (χ4v) is 3.45. The highest BCUT2D eigenvalue weighted by Crippen LogP contribution is 2.32. The molecule has 0 radical (unpaired) electrons. The van der Waals surface area contributed by atoms with Gasteiger partial charge in [-0.3, -0.25) is 4.98 Å². The molecule has 4 rings (SSSR count). The Morgan fingerprint density at radius 1 is 1.08 bits per heavy atom. The van der Waals surface area contributed by atoms with Crippen LogP contribution in [0.2, 0.25) is 0 Å². The van der Waals surface area contributed by atoms with E-state index in [1.807, 2.05) is 53.6 Å². The first-order valence-corrected chi connectivity index (χ1v) is 8.28. The minimum absolute atomic E-state index is 0.0438. The predicted molar refractivity (Wildman–Crippen MR) is 95.9 cm³/mol. The fraction of sp³-hybridized carbons (Fsp3) is 0.200. The van der Waals surface area contributed by atoms with Crippen molar-refractivity contribution in [3.05, 3.63) is 72.6 Å². The van der Waals surface area contributed by atoms with E-state index in [0.29, 0.717) is 0 Å². The summed E-state index contributed by atoms with van der Waals surface area (Å²) in [4.78, 5) is 18.9. The van der Waals surface area contributed by atoms with Crippen LogP contribution in [-0.4, -0.2) is 22.5 Å². The van der Waals surface area contributed by atoms with Gasteiger partial charge >= 0.3 is 6.03 Å². The molecule has 24 heavy (non-hydrogen) atoms. The maximum Gasteiger partial charge on any atom is 0.322 e. The highest BCUT2D eigenvalue weighted by molar-refractivity contribution is 6.01. The molecule has 1 N–H and O–H groups in total. The van der Waals surface area contributed by atoms with Gasteiger partial charge in [-0.15, -0.1) is 0 Å². The van der Waals surface area contributed by atoms with Crippen LogP contribution in [0, 0.1) is 0 Å². The second-order valence-corrected chi connectivity index (χ2v) is 6.09. The largest absolute Gasteiger partial charge is 0.322 e. The lowest BCUT2D eigenvalue weighted by Gasteiger charge is -2.25. The lowest BCUT2D eigenvalue weighted by molar-refractivity contribution is 0.207.